The van der Waals surface area contributed by atoms with Crippen molar-refractivity contribution in [1.29, 1.82) is 0 Å². The van der Waals surface area contributed by atoms with Crippen LogP contribution in [0.25, 0.3) is 0 Å². The predicted octanol–water partition coefficient (Wildman–Crippen LogP) is 3.36. The first kappa shape index (κ1) is 17.5. The van der Waals surface area contributed by atoms with Gasteiger partial charge >= 0.3 is 6.03 Å². The van der Waals surface area contributed by atoms with E-state index in [0.29, 0.717) is 13.1 Å². The largest absolute Gasteiger partial charge is 0.338 e. The summed E-state index contributed by atoms with van der Waals surface area (Å²) >= 11 is 0. The van der Waals surface area contributed by atoms with Crippen LogP contribution in [0.15, 0.2) is 18.2 Å². The summed E-state index contributed by atoms with van der Waals surface area (Å²) in [7, 11) is 0. The minimum atomic E-state index is -0.0952. The monoisotopic (exact) mass is 341 g/mol. The van der Waals surface area contributed by atoms with Crippen LogP contribution in [-0.4, -0.2) is 27.3 Å². The molecule has 1 aromatic carbocycles. The zero-order valence-electron chi connectivity index (χ0n) is 15.4. The molecule has 1 N–H and O–H groups in total. The molecule has 0 spiro atoms. The number of nitrogens with zero attached hydrogens (tertiary/aromatic N) is 4. The van der Waals surface area contributed by atoms with E-state index in [9.17, 15) is 4.79 Å². The number of hydrogen-bond acceptors (Lipinski definition) is 3. The molecule has 3 rings (SSSR count). The zero-order chi connectivity index (χ0) is 17.8. The summed E-state index contributed by atoms with van der Waals surface area (Å²) in [5, 5.41) is 11.7. The van der Waals surface area contributed by atoms with Crippen LogP contribution < -0.4 is 10.2 Å². The summed E-state index contributed by atoms with van der Waals surface area (Å²) < 4.78 is 2.20. The van der Waals surface area contributed by atoms with Gasteiger partial charge in [0.15, 0.2) is 5.82 Å². The van der Waals surface area contributed by atoms with Gasteiger partial charge in [-0.2, -0.15) is 0 Å². The summed E-state index contributed by atoms with van der Waals surface area (Å²) in [6, 6.07) is 6.09. The van der Waals surface area contributed by atoms with Crippen molar-refractivity contribution in [3.8, 4) is 0 Å². The van der Waals surface area contributed by atoms with E-state index in [-0.39, 0.29) is 6.03 Å². The van der Waals surface area contributed by atoms with Gasteiger partial charge < -0.3 is 9.88 Å². The molecule has 0 atom stereocenters. The molecule has 0 aliphatic carbocycles. The van der Waals surface area contributed by atoms with E-state index in [1.54, 1.807) is 4.90 Å². The van der Waals surface area contributed by atoms with Crippen molar-refractivity contribution in [2.75, 3.05) is 11.4 Å². The fourth-order valence-electron chi connectivity index (χ4n) is 3.33. The normalized spacial score (nSPS) is 13.9. The van der Waals surface area contributed by atoms with E-state index in [2.05, 4.69) is 38.3 Å². The van der Waals surface area contributed by atoms with Gasteiger partial charge in [-0.05, 0) is 50.8 Å². The smallest absolute Gasteiger partial charge is 0.322 e. The van der Waals surface area contributed by atoms with Gasteiger partial charge in [-0.3, -0.25) is 4.90 Å². The molecule has 1 aromatic heterocycles. The number of nitrogens with one attached hydrogen (secondary N) is 1. The lowest BCUT2D eigenvalue weighted by molar-refractivity contribution is 0.246. The first-order chi connectivity index (χ1) is 12.1. The molecule has 0 bridgehead atoms. The Morgan fingerprint density at radius 1 is 1.24 bits per heavy atom. The van der Waals surface area contributed by atoms with E-state index in [1.165, 1.54) is 6.42 Å². The lowest BCUT2D eigenvalue weighted by Crippen LogP contribution is -2.40. The van der Waals surface area contributed by atoms with Crippen LogP contribution in [0, 0.1) is 13.8 Å². The minimum absolute atomic E-state index is 0.0952. The first-order valence-electron chi connectivity index (χ1n) is 9.13. The van der Waals surface area contributed by atoms with E-state index in [0.717, 1.165) is 54.3 Å². The highest BCUT2D eigenvalue weighted by Gasteiger charge is 2.22. The Bertz CT molecular complexity index is 752. The van der Waals surface area contributed by atoms with Gasteiger partial charge in [0.05, 0.1) is 6.54 Å². The van der Waals surface area contributed by atoms with Crippen molar-refractivity contribution in [2.45, 2.75) is 59.5 Å². The first-order valence-corrected chi connectivity index (χ1v) is 9.13. The van der Waals surface area contributed by atoms with Gasteiger partial charge in [0, 0.05) is 25.2 Å². The molecule has 0 fully saturated rings. The number of fused-ring (bicyclic) bond motifs is 1. The lowest BCUT2D eigenvalue weighted by atomic mass is 10.1. The summed E-state index contributed by atoms with van der Waals surface area (Å²) in [5.41, 5.74) is 3.14. The molecule has 1 aliphatic rings. The van der Waals surface area contributed by atoms with Crippen molar-refractivity contribution in [2.24, 2.45) is 0 Å². The average Bonchev–Trinajstić information content (AvgIpc) is 2.81. The second kappa shape index (κ2) is 7.68. The van der Waals surface area contributed by atoms with Crippen LogP contribution >= 0.6 is 0 Å². The van der Waals surface area contributed by atoms with Crippen LogP contribution in [0.2, 0.25) is 0 Å². The molecule has 0 saturated heterocycles. The molecule has 2 amide bonds. The molecule has 134 valence electrons. The Morgan fingerprint density at radius 3 is 2.88 bits per heavy atom. The standard InChI is InChI=1S/C19H27N5O/c1-4-20-19(25)24(16-12-14(2)9-10-15(16)3)13-18-22-21-17-8-6-5-7-11-23(17)18/h9-10,12H,4-8,11,13H2,1-3H3,(H,20,25). The van der Waals surface area contributed by atoms with Gasteiger partial charge in [0.2, 0.25) is 0 Å². The number of carbonyl (C=O) groups is 1. The third-order valence-corrected chi connectivity index (χ3v) is 4.71. The highest BCUT2D eigenvalue weighted by Crippen LogP contribution is 2.24. The molecule has 6 heteroatoms. The maximum absolute atomic E-state index is 12.7. The summed E-state index contributed by atoms with van der Waals surface area (Å²) in [4.78, 5) is 14.5. The summed E-state index contributed by atoms with van der Waals surface area (Å²) in [6.07, 6.45) is 4.50. The predicted molar refractivity (Wildman–Crippen MR) is 98.7 cm³/mol. The number of rotatable bonds is 4. The Hall–Kier alpha value is -2.37. The molecule has 0 radical (unpaired) electrons. The minimum Gasteiger partial charge on any atom is -0.338 e. The molecular formula is C19H27N5O. The number of benzene rings is 1. The van der Waals surface area contributed by atoms with E-state index < -0.39 is 0 Å². The number of carbonyl (C=O) groups excluding carboxylic acids is 1. The number of hydrogen-bond donors (Lipinski definition) is 1. The number of aromatic nitrogens is 3. The second-order valence-electron chi connectivity index (χ2n) is 6.71. The molecule has 1 aliphatic heterocycles. The van der Waals surface area contributed by atoms with Crippen molar-refractivity contribution in [1.82, 2.24) is 20.1 Å². The van der Waals surface area contributed by atoms with Gasteiger partial charge in [0.1, 0.15) is 5.82 Å². The maximum atomic E-state index is 12.7. The zero-order valence-corrected chi connectivity index (χ0v) is 15.4. The summed E-state index contributed by atoms with van der Waals surface area (Å²) in [6.45, 7) is 7.98. The van der Waals surface area contributed by atoms with Crippen LogP contribution in [0.3, 0.4) is 0 Å². The molecule has 6 nitrogen and oxygen atoms in total. The SMILES string of the molecule is CCNC(=O)N(Cc1nnc2n1CCCCC2)c1cc(C)ccc1C. The summed E-state index contributed by atoms with van der Waals surface area (Å²) in [5.74, 6) is 1.91. The van der Waals surface area contributed by atoms with Crippen LogP contribution in [0.1, 0.15) is 49.0 Å². The quantitative estimate of drug-likeness (QED) is 0.927. The third-order valence-electron chi connectivity index (χ3n) is 4.71. The highest BCUT2D eigenvalue weighted by atomic mass is 16.2. The van der Waals surface area contributed by atoms with Crippen LogP contribution in [0.4, 0.5) is 10.5 Å². The highest BCUT2D eigenvalue weighted by molar-refractivity contribution is 5.92. The number of urea groups is 1. The Morgan fingerprint density at radius 2 is 2.08 bits per heavy atom. The average molecular weight is 341 g/mol. The van der Waals surface area contributed by atoms with Gasteiger partial charge in [-0.15, -0.1) is 10.2 Å². The van der Waals surface area contributed by atoms with Crippen molar-refractivity contribution < 1.29 is 4.79 Å². The fraction of sp³-hybridized carbons (Fsp3) is 0.526. The van der Waals surface area contributed by atoms with Crippen molar-refractivity contribution in [3.05, 3.63) is 41.0 Å². The van der Waals surface area contributed by atoms with Gasteiger partial charge in [-0.1, -0.05) is 18.6 Å². The van der Waals surface area contributed by atoms with E-state index in [1.807, 2.05) is 20.8 Å². The Kier molecular flexibility index (Phi) is 5.36. The third kappa shape index (κ3) is 3.83. The second-order valence-corrected chi connectivity index (χ2v) is 6.71. The van der Waals surface area contributed by atoms with Crippen molar-refractivity contribution >= 4 is 11.7 Å². The molecule has 0 saturated carbocycles. The van der Waals surface area contributed by atoms with Crippen molar-refractivity contribution in [3.63, 3.8) is 0 Å². The van der Waals surface area contributed by atoms with Gasteiger partial charge in [0.25, 0.3) is 0 Å². The lowest BCUT2D eigenvalue weighted by Gasteiger charge is -2.25. The molecule has 25 heavy (non-hydrogen) atoms. The van der Waals surface area contributed by atoms with E-state index in [4.69, 9.17) is 0 Å². The molecule has 0 unspecified atom stereocenters. The topological polar surface area (TPSA) is 63.1 Å². The Balaban J connectivity index is 1.95. The van der Waals surface area contributed by atoms with Gasteiger partial charge in [-0.25, -0.2) is 4.79 Å². The number of aryl methyl sites for hydroxylation is 3. The van der Waals surface area contributed by atoms with Crippen LogP contribution in [-0.2, 0) is 19.5 Å². The van der Waals surface area contributed by atoms with Crippen LogP contribution in [0.5, 0.6) is 0 Å². The Labute approximate surface area is 149 Å². The molecule has 2 heterocycles. The van der Waals surface area contributed by atoms with E-state index >= 15 is 0 Å². The maximum Gasteiger partial charge on any atom is 0.322 e. The molecule has 2 aromatic rings. The molecular weight excluding hydrogens is 314 g/mol. The number of amides is 2. The number of anilines is 1. The fourth-order valence-corrected chi connectivity index (χ4v) is 3.33.